The van der Waals surface area contributed by atoms with Gasteiger partial charge in [-0.2, -0.15) is 0 Å². The Balaban J connectivity index is 1.52. The first kappa shape index (κ1) is 13.3. The van der Waals surface area contributed by atoms with Crippen molar-refractivity contribution in [2.24, 2.45) is 0 Å². The van der Waals surface area contributed by atoms with Crippen LogP contribution in [0.3, 0.4) is 0 Å². The molecule has 1 aliphatic heterocycles. The number of ether oxygens (including phenoxy) is 2. The summed E-state index contributed by atoms with van der Waals surface area (Å²) in [6.07, 6.45) is 10.3. The van der Waals surface area contributed by atoms with Crippen molar-refractivity contribution in [1.82, 2.24) is 5.32 Å². The van der Waals surface area contributed by atoms with Crippen molar-refractivity contribution in [3.05, 3.63) is 0 Å². The second kappa shape index (κ2) is 7.34. The molecule has 2 aliphatic rings. The average molecular weight is 241 g/mol. The van der Waals surface area contributed by atoms with Gasteiger partial charge in [0.05, 0.1) is 18.3 Å². The molecule has 2 unspecified atom stereocenters. The van der Waals surface area contributed by atoms with E-state index in [-0.39, 0.29) is 0 Å². The first-order valence-electron chi connectivity index (χ1n) is 7.32. The second-order valence-corrected chi connectivity index (χ2v) is 5.50. The number of nitrogens with one attached hydrogen (secondary N) is 1. The Kier molecular flexibility index (Phi) is 5.75. The van der Waals surface area contributed by atoms with Crippen molar-refractivity contribution >= 4 is 0 Å². The summed E-state index contributed by atoms with van der Waals surface area (Å²) in [5.41, 5.74) is 0. The maximum Gasteiger partial charge on any atom is 0.0700 e. The number of hydrogen-bond acceptors (Lipinski definition) is 3. The van der Waals surface area contributed by atoms with Gasteiger partial charge in [0.25, 0.3) is 0 Å². The molecule has 17 heavy (non-hydrogen) atoms. The molecule has 0 bridgehead atoms. The molecule has 2 fully saturated rings. The van der Waals surface area contributed by atoms with E-state index in [1.165, 1.54) is 44.9 Å². The molecule has 0 aromatic carbocycles. The molecule has 1 heterocycles. The van der Waals surface area contributed by atoms with Crippen LogP contribution in [0.5, 0.6) is 0 Å². The molecule has 3 nitrogen and oxygen atoms in total. The van der Waals surface area contributed by atoms with E-state index in [4.69, 9.17) is 9.47 Å². The molecule has 0 radical (unpaired) electrons. The van der Waals surface area contributed by atoms with Crippen molar-refractivity contribution in [2.45, 2.75) is 70.2 Å². The summed E-state index contributed by atoms with van der Waals surface area (Å²) in [6.45, 7) is 5.06. The summed E-state index contributed by atoms with van der Waals surface area (Å²) >= 11 is 0. The Hall–Kier alpha value is -0.120. The molecule has 100 valence electrons. The van der Waals surface area contributed by atoms with Gasteiger partial charge in [0.1, 0.15) is 0 Å². The van der Waals surface area contributed by atoms with E-state index in [2.05, 4.69) is 12.2 Å². The molecule has 0 spiro atoms. The van der Waals surface area contributed by atoms with Crippen LogP contribution in [0.1, 0.15) is 51.9 Å². The molecule has 1 saturated carbocycles. The Morgan fingerprint density at radius 1 is 1.18 bits per heavy atom. The molecule has 0 aromatic heterocycles. The molecule has 2 atom stereocenters. The highest BCUT2D eigenvalue weighted by molar-refractivity contribution is 4.70. The van der Waals surface area contributed by atoms with Crippen molar-refractivity contribution in [1.29, 1.82) is 0 Å². The molecule has 1 saturated heterocycles. The first-order valence-corrected chi connectivity index (χ1v) is 7.32. The first-order chi connectivity index (χ1) is 8.34. The van der Waals surface area contributed by atoms with Gasteiger partial charge in [0.2, 0.25) is 0 Å². The van der Waals surface area contributed by atoms with Crippen LogP contribution in [0.25, 0.3) is 0 Å². The lowest BCUT2D eigenvalue weighted by atomic mass is 9.98. The molecule has 0 amide bonds. The fourth-order valence-electron chi connectivity index (χ4n) is 2.83. The Morgan fingerprint density at radius 3 is 2.71 bits per heavy atom. The van der Waals surface area contributed by atoms with Crippen LogP contribution in [-0.2, 0) is 9.47 Å². The van der Waals surface area contributed by atoms with Crippen LogP contribution >= 0.6 is 0 Å². The Morgan fingerprint density at radius 2 is 2.00 bits per heavy atom. The zero-order valence-electron chi connectivity index (χ0n) is 11.1. The van der Waals surface area contributed by atoms with Crippen molar-refractivity contribution in [2.75, 3.05) is 19.7 Å². The minimum absolute atomic E-state index is 0.333. The largest absolute Gasteiger partial charge is 0.377 e. The summed E-state index contributed by atoms with van der Waals surface area (Å²) in [5, 5.41) is 3.47. The summed E-state index contributed by atoms with van der Waals surface area (Å²) in [7, 11) is 0. The van der Waals surface area contributed by atoms with Crippen LogP contribution in [0.15, 0.2) is 0 Å². The highest BCUT2D eigenvalue weighted by Gasteiger charge is 2.18. The fourth-order valence-corrected chi connectivity index (χ4v) is 2.83. The third kappa shape index (κ3) is 4.94. The van der Waals surface area contributed by atoms with E-state index >= 15 is 0 Å². The predicted octanol–water partition coefficient (Wildman–Crippen LogP) is 2.49. The Bertz CT molecular complexity index is 198. The molecule has 1 aliphatic carbocycles. The highest BCUT2D eigenvalue weighted by atomic mass is 16.5. The van der Waals surface area contributed by atoms with Gasteiger partial charge in [-0.3, -0.25) is 0 Å². The monoisotopic (exact) mass is 241 g/mol. The zero-order chi connectivity index (χ0) is 11.9. The van der Waals surface area contributed by atoms with Gasteiger partial charge < -0.3 is 14.8 Å². The summed E-state index contributed by atoms with van der Waals surface area (Å²) in [5.74, 6) is 0. The molecular formula is C14H27NO2. The van der Waals surface area contributed by atoms with E-state index in [0.717, 1.165) is 19.7 Å². The summed E-state index contributed by atoms with van der Waals surface area (Å²) in [6, 6.07) is 0. The second-order valence-electron chi connectivity index (χ2n) is 5.50. The molecule has 1 N–H and O–H groups in total. The lowest BCUT2D eigenvalue weighted by Crippen LogP contribution is -2.35. The van der Waals surface area contributed by atoms with Gasteiger partial charge in [-0.25, -0.2) is 0 Å². The molecular weight excluding hydrogens is 214 g/mol. The van der Waals surface area contributed by atoms with Crippen LogP contribution in [0.2, 0.25) is 0 Å². The standard InChI is InChI=1S/C14H27NO2/c1-12(17-13-6-3-2-4-7-13)10-15-11-14-8-5-9-16-14/h12-15H,2-11H2,1H3. The van der Waals surface area contributed by atoms with Gasteiger partial charge in [-0.1, -0.05) is 19.3 Å². The zero-order valence-corrected chi connectivity index (χ0v) is 11.1. The average Bonchev–Trinajstić information content (AvgIpc) is 2.83. The normalized spacial score (nSPS) is 28.4. The smallest absolute Gasteiger partial charge is 0.0700 e. The van der Waals surface area contributed by atoms with Gasteiger partial charge >= 0.3 is 0 Å². The minimum atomic E-state index is 0.333. The van der Waals surface area contributed by atoms with Gasteiger partial charge in [-0.05, 0) is 32.6 Å². The molecule has 0 aromatic rings. The summed E-state index contributed by atoms with van der Waals surface area (Å²) < 4.78 is 11.6. The van der Waals surface area contributed by atoms with Crippen molar-refractivity contribution in [3.63, 3.8) is 0 Å². The van der Waals surface area contributed by atoms with Gasteiger partial charge in [-0.15, -0.1) is 0 Å². The van der Waals surface area contributed by atoms with Gasteiger partial charge in [0, 0.05) is 19.7 Å². The van der Waals surface area contributed by atoms with Crippen LogP contribution in [0, 0.1) is 0 Å². The summed E-state index contributed by atoms with van der Waals surface area (Å²) in [4.78, 5) is 0. The quantitative estimate of drug-likeness (QED) is 0.775. The third-order valence-corrected chi connectivity index (χ3v) is 3.80. The van der Waals surface area contributed by atoms with E-state index in [1.54, 1.807) is 0 Å². The highest BCUT2D eigenvalue weighted by Crippen LogP contribution is 2.21. The lowest BCUT2D eigenvalue weighted by Gasteiger charge is -2.26. The maximum absolute atomic E-state index is 6.05. The van der Waals surface area contributed by atoms with E-state index in [9.17, 15) is 0 Å². The number of hydrogen-bond donors (Lipinski definition) is 1. The fraction of sp³-hybridized carbons (Fsp3) is 1.00. The van der Waals surface area contributed by atoms with Crippen LogP contribution < -0.4 is 5.32 Å². The van der Waals surface area contributed by atoms with E-state index in [1.807, 2.05) is 0 Å². The number of rotatable bonds is 6. The SMILES string of the molecule is CC(CNCC1CCCO1)OC1CCCCC1. The van der Waals surface area contributed by atoms with Crippen LogP contribution in [0.4, 0.5) is 0 Å². The molecule has 2 rings (SSSR count). The van der Waals surface area contributed by atoms with E-state index in [0.29, 0.717) is 18.3 Å². The predicted molar refractivity (Wildman–Crippen MR) is 69.3 cm³/mol. The van der Waals surface area contributed by atoms with Gasteiger partial charge in [0.15, 0.2) is 0 Å². The lowest BCUT2D eigenvalue weighted by molar-refractivity contribution is -0.0209. The van der Waals surface area contributed by atoms with Crippen molar-refractivity contribution < 1.29 is 9.47 Å². The third-order valence-electron chi connectivity index (χ3n) is 3.80. The minimum Gasteiger partial charge on any atom is -0.377 e. The van der Waals surface area contributed by atoms with E-state index < -0.39 is 0 Å². The molecule has 3 heteroatoms. The van der Waals surface area contributed by atoms with Crippen molar-refractivity contribution in [3.8, 4) is 0 Å². The topological polar surface area (TPSA) is 30.5 Å². The Labute approximate surface area is 105 Å². The van der Waals surface area contributed by atoms with Crippen LogP contribution in [-0.4, -0.2) is 38.0 Å². The maximum atomic E-state index is 6.05.